The van der Waals surface area contributed by atoms with Crippen LogP contribution in [0.2, 0.25) is 0 Å². The van der Waals surface area contributed by atoms with Crippen LogP contribution in [0, 0.1) is 6.92 Å². The van der Waals surface area contributed by atoms with Gasteiger partial charge in [-0.3, -0.25) is 0 Å². The van der Waals surface area contributed by atoms with Crippen molar-refractivity contribution >= 4 is 11.6 Å². The van der Waals surface area contributed by atoms with Crippen molar-refractivity contribution in [2.75, 3.05) is 44.1 Å². The minimum atomic E-state index is 0.525. The second-order valence-corrected chi connectivity index (χ2v) is 6.03. The quantitative estimate of drug-likeness (QED) is 0.562. The van der Waals surface area contributed by atoms with Crippen LogP contribution in [-0.2, 0) is 0 Å². The Morgan fingerprint density at radius 2 is 1.95 bits per heavy atom. The van der Waals surface area contributed by atoms with E-state index < -0.39 is 0 Å². The van der Waals surface area contributed by atoms with E-state index in [0.29, 0.717) is 5.92 Å². The highest BCUT2D eigenvalue weighted by atomic mass is 15.3. The van der Waals surface area contributed by atoms with Gasteiger partial charge in [-0.2, -0.15) is 0 Å². The molecule has 0 aliphatic heterocycles. The number of hydrazine groups is 1. The zero-order valence-electron chi connectivity index (χ0n) is 13.7. The molecule has 1 aliphatic carbocycles. The summed E-state index contributed by atoms with van der Waals surface area (Å²) < 4.78 is 0. The first kappa shape index (κ1) is 16.0. The van der Waals surface area contributed by atoms with Crippen molar-refractivity contribution in [1.29, 1.82) is 0 Å². The minimum Gasteiger partial charge on any atom is -0.356 e. The Kier molecular flexibility index (Phi) is 5.36. The predicted octanol–water partition coefficient (Wildman–Crippen LogP) is 1.73. The van der Waals surface area contributed by atoms with E-state index in [0.717, 1.165) is 49.1 Å². The summed E-state index contributed by atoms with van der Waals surface area (Å²) in [6.45, 7) is 7.23. The molecule has 0 aromatic carbocycles. The van der Waals surface area contributed by atoms with Crippen molar-refractivity contribution in [3.63, 3.8) is 0 Å². The molecular formula is C15H28N6. The number of anilines is 2. The largest absolute Gasteiger partial charge is 0.356 e. The summed E-state index contributed by atoms with van der Waals surface area (Å²) in [6.07, 6.45) is 3.51. The van der Waals surface area contributed by atoms with Crippen molar-refractivity contribution in [3.8, 4) is 0 Å². The molecule has 1 saturated carbocycles. The molecule has 0 saturated heterocycles. The number of hydrogen-bond donors (Lipinski definition) is 2. The lowest BCUT2D eigenvalue weighted by molar-refractivity contribution is 0.400. The van der Waals surface area contributed by atoms with Gasteiger partial charge in [-0.05, 0) is 53.8 Å². The molecule has 1 fully saturated rings. The molecule has 0 radical (unpaired) electrons. The van der Waals surface area contributed by atoms with E-state index >= 15 is 0 Å². The fourth-order valence-corrected chi connectivity index (χ4v) is 2.49. The lowest BCUT2D eigenvalue weighted by atomic mass is 10.2. The standard InChI is InChI=1S/C15H28N6/c1-5-21(10-6-9-20(3)4)15-11(2)13(19-16)17-14(18-15)12-7-8-12/h12H,5-10,16H2,1-4H3,(H,17,18,19). The number of nitrogens with one attached hydrogen (secondary N) is 1. The third kappa shape index (κ3) is 4.04. The van der Waals surface area contributed by atoms with Crippen LogP contribution in [0.15, 0.2) is 0 Å². The van der Waals surface area contributed by atoms with Crippen LogP contribution < -0.4 is 16.2 Å². The second-order valence-electron chi connectivity index (χ2n) is 6.03. The summed E-state index contributed by atoms with van der Waals surface area (Å²) in [4.78, 5) is 13.9. The number of nitrogen functional groups attached to an aromatic ring is 1. The van der Waals surface area contributed by atoms with Crippen LogP contribution >= 0.6 is 0 Å². The second kappa shape index (κ2) is 7.04. The molecule has 0 atom stereocenters. The molecule has 118 valence electrons. The molecule has 0 spiro atoms. The molecule has 1 heterocycles. The Morgan fingerprint density at radius 3 is 2.48 bits per heavy atom. The van der Waals surface area contributed by atoms with E-state index in [1.165, 1.54) is 12.8 Å². The molecule has 0 unspecified atom stereocenters. The molecule has 1 aromatic rings. The van der Waals surface area contributed by atoms with Gasteiger partial charge in [-0.25, -0.2) is 15.8 Å². The number of hydrogen-bond acceptors (Lipinski definition) is 6. The first-order valence-corrected chi connectivity index (χ1v) is 7.81. The van der Waals surface area contributed by atoms with Gasteiger partial charge in [0.25, 0.3) is 0 Å². The monoisotopic (exact) mass is 292 g/mol. The van der Waals surface area contributed by atoms with Gasteiger partial charge >= 0.3 is 0 Å². The Hall–Kier alpha value is -1.40. The van der Waals surface area contributed by atoms with E-state index in [1.54, 1.807) is 0 Å². The molecule has 0 amide bonds. The van der Waals surface area contributed by atoms with Crippen LogP contribution in [-0.4, -0.2) is 48.6 Å². The third-order valence-electron chi connectivity index (χ3n) is 3.93. The lowest BCUT2D eigenvalue weighted by Gasteiger charge is -2.25. The van der Waals surface area contributed by atoms with Gasteiger partial charge in [0.2, 0.25) is 0 Å². The van der Waals surface area contributed by atoms with Gasteiger partial charge in [0.05, 0.1) is 0 Å². The summed E-state index contributed by atoms with van der Waals surface area (Å²) in [5.74, 6) is 8.88. The van der Waals surface area contributed by atoms with E-state index in [-0.39, 0.29) is 0 Å². The van der Waals surface area contributed by atoms with Gasteiger partial charge in [0, 0.05) is 24.6 Å². The van der Waals surface area contributed by atoms with E-state index in [2.05, 4.69) is 41.2 Å². The summed E-state index contributed by atoms with van der Waals surface area (Å²) in [5, 5.41) is 0. The van der Waals surface area contributed by atoms with Crippen molar-refractivity contribution < 1.29 is 0 Å². The molecule has 2 rings (SSSR count). The first-order chi connectivity index (χ1) is 10.1. The maximum Gasteiger partial charge on any atom is 0.148 e. The SMILES string of the molecule is CCN(CCCN(C)C)c1nc(C2CC2)nc(NN)c1C. The number of rotatable bonds is 8. The molecular weight excluding hydrogens is 264 g/mol. The molecule has 6 heteroatoms. The summed E-state index contributed by atoms with van der Waals surface area (Å²) >= 11 is 0. The van der Waals surface area contributed by atoms with Gasteiger partial charge in [0.15, 0.2) is 0 Å². The van der Waals surface area contributed by atoms with E-state index in [9.17, 15) is 0 Å². The van der Waals surface area contributed by atoms with Crippen LogP contribution in [0.25, 0.3) is 0 Å². The number of nitrogens with zero attached hydrogens (tertiary/aromatic N) is 4. The van der Waals surface area contributed by atoms with Crippen LogP contribution in [0.4, 0.5) is 11.6 Å². The maximum absolute atomic E-state index is 5.62. The predicted molar refractivity (Wildman–Crippen MR) is 87.6 cm³/mol. The van der Waals surface area contributed by atoms with Crippen molar-refractivity contribution in [2.45, 2.75) is 39.0 Å². The molecule has 3 N–H and O–H groups in total. The van der Waals surface area contributed by atoms with Crippen LogP contribution in [0.5, 0.6) is 0 Å². The van der Waals surface area contributed by atoms with Crippen LogP contribution in [0.3, 0.4) is 0 Å². The van der Waals surface area contributed by atoms with Gasteiger partial charge < -0.3 is 15.2 Å². The summed E-state index contributed by atoms with van der Waals surface area (Å²) in [5.41, 5.74) is 3.76. The maximum atomic E-state index is 5.62. The summed E-state index contributed by atoms with van der Waals surface area (Å²) in [7, 11) is 4.21. The minimum absolute atomic E-state index is 0.525. The average molecular weight is 292 g/mol. The molecule has 21 heavy (non-hydrogen) atoms. The zero-order valence-corrected chi connectivity index (χ0v) is 13.7. The third-order valence-corrected chi connectivity index (χ3v) is 3.93. The Balaban J connectivity index is 2.19. The first-order valence-electron chi connectivity index (χ1n) is 7.81. The summed E-state index contributed by atoms with van der Waals surface area (Å²) in [6, 6.07) is 0. The molecule has 1 aromatic heterocycles. The topological polar surface area (TPSA) is 70.3 Å². The highest BCUT2D eigenvalue weighted by Crippen LogP contribution is 2.39. The van der Waals surface area contributed by atoms with Crippen molar-refractivity contribution in [3.05, 3.63) is 11.4 Å². The Bertz CT molecular complexity index is 469. The fraction of sp³-hybridized carbons (Fsp3) is 0.733. The molecule has 1 aliphatic rings. The van der Waals surface area contributed by atoms with Gasteiger partial charge in [-0.1, -0.05) is 0 Å². The van der Waals surface area contributed by atoms with E-state index in [4.69, 9.17) is 10.8 Å². The number of aromatic nitrogens is 2. The smallest absolute Gasteiger partial charge is 0.148 e. The highest BCUT2D eigenvalue weighted by molar-refractivity contribution is 5.58. The number of nitrogens with two attached hydrogens (primary N) is 1. The highest BCUT2D eigenvalue weighted by Gasteiger charge is 2.28. The fourth-order valence-electron chi connectivity index (χ4n) is 2.49. The Morgan fingerprint density at radius 1 is 1.24 bits per heavy atom. The normalized spacial score (nSPS) is 14.6. The van der Waals surface area contributed by atoms with E-state index in [1.807, 2.05) is 6.92 Å². The molecule has 0 bridgehead atoms. The lowest BCUT2D eigenvalue weighted by Crippen LogP contribution is -2.29. The van der Waals surface area contributed by atoms with Gasteiger partial charge in [-0.15, -0.1) is 0 Å². The average Bonchev–Trinajstić information content (AvgIpc) is 3.28. The van der Waals surface area contributed by atoms with Crippen LogP contribution in [0.1, 0.15) is 43.5 Å². The van der Waals surface area contributed by atoms with Crippen molar-refractivity contribution in [1.82, 2.24) is 14.9 Å². The van der Waals surface area contributed by atoms with Gasteiger partial charge in [0.1, 0.15) is 17.5 Å². The molecule has 6 nitrogen and oxygen atoms in total. The zero-order chi connectivity index (χ0) is 15.4. The Labute approximate surface area is 127 Å². The van der Waals surface area contributed by atoms with Crippen molar-refractivity contribution in [2.24, 2.45) is 5.84 Å².